The lowest BCUT2D eigenvalue weighted by Gasteiger charge is -2.35. The quantitative estimate of drug-likeness (QED) is 0.373. The SMILES string of the molecule is CC(C)(C)OC(=O)NCCC(=O)N1CCN(C(=O)c2cc(Oc3ccc(C#N)cc3)cc(Oc3ccc(C#N)cc3)c2)CC1. The smallest absolute Gasteiger partial charge is 0.407 e. The van der Waals surface area contributed by atoms with Crippen molar-refractivity contribution in [3.63, 3.8) is 0 Å². The Morgan fingerprint density at radius 2 is 1.23 bits per heavy atom. The van der Waals surface area contributed by atoms with Gasteiger partial charge in [0.25, 0.3) is 5.91 Å². The summed E-state index contributed by atoms with van der Waals surface area (Å²) in [5.74, 6) is 1.30. The number of rotatable bonds is 8. The van der Waals surface area contributed by atoms with Gasteiger partial charge in [-0.3, -0.25) is 9.59 Å². The predicted octanol–water partition coefficient (Wildman–Crippen LogP) is 5.21. The molecule has 44 heavy (non-hydrogen) atoms. The Bertz CT molecular complexity index is 1500. The molecule has 0 aromatic heterocycles. The van der Waals surface area contributed by atoms with Crippen molar-refractivity contribution in [1.82, 2.24) is 15.1 Å². The number of ether oxygens (including phenoxy) is 3. The minimum absolute atomic E-state index is 0.121. The van der Waals surface area contributed by atoms with Gasteiger partial charge < -0.3 is 29.3 Å². The van der Waals surface area contributed by atoms with Crippen molar-refractivity contribution in [1.29, 1.82) is 10.5 Å². The van der Waals surface area contributed by atoms with Crippen molar-refractivity contribution in [2.45, 2.75) is 32.8 Å². The van der Waals surface area contributed by atoms with Gasteiger partial charge in [-0.25, -0.2) is 4.79 Å². The molecule has 3 aromatic carbocycles. The molecular weight excluding hydrogens is 562 g/mol. The van der Waals surface area contributed by atoms with Gasteiger partial charge in [0.15, 0.2) is 0 Å². The van der Waals surface area contributed by atoms with E-state index in [0.29, 0.717) is 65.9 Å². The summed E-state index contributed by atoms with van der Waals surface area (Å²) in [6, 6.07) is 22.2. The first-order valence-electron chi connectivity index (χ1n) is 14.1. The molecule has 4 rings (SSSR count). The van der Waals surface area contributed by atoms with Crippen LogP contribution in [0.5, 0.6) is 23.0 Å². The minimum Gasteiger partial charge on any atom is -0.457 e. The summed E-state index contributed by atoms with van der Waals surface area (Å²) in [7, 11) is 0. The number of nitriles is 2. The number of carbonyl (C=O) groups is 3. The molecule has 0 saturated carbocycles. The largest absolute Gasteiger partial charge is 0.457 e. The lowest BCUT2D eigenvalue weighted by Crippen LogP contribution is -2.51. The van der Waals surface area contributed by atoms with Crippen LogP contribution in [0.25, 0.3) is 0 Å². The van der Waals surface area contributed by atoms with Crippen LogP contribution in [0, 0.1) is 22.7 Å². The lowest BCUT2D eigenvalue weighted by molar-refractivity contribution is -0.132. The van der Waals surface area contributed by atoms with Gasteiger partial charge in [0.2, 0.25) is 5.91 Å². The highest BCUT2D eigenvalue weighted by atomic mass is 16.6. The average molecular weight is 596 g/mol. The second-order valence-electron chi connectivity index (χ2n) is 11.0. The summed E-state index contributed by atoms with van der Waals surface area (Å²) < 4.78 is 17.2. The van der Waals surface area contributed by atoms with Crippen LogP contribution in [0.2, 0.25) is 0 Å². The van der Waals surface area contributed by atoms with Crippen LogP contribution in [-0.4, -0.2) is 66.0 Å². The van der Waals surface area contributed by atoms with Crippen molar-refractivity contribution in [2.24, 2.45) is 0 Å². The van der Waals surface area contributed by atoms with E-state index < -0.39 is 11.7 Å². The first kappa shape index (κ1) is 31.4. The summed E-state index contributed by atoms with van der Waals surface area (Å²) in [5, 5.41) is 20.7. The Balaban J connectivity index is 1.42. The highest BCUT2D eigenvalue weighted by molar-refractivity contribution is 5.95. The summed E-state index contributed by atoms with van der Waals surface area (Å²) in [4.78, 5) is 41.4. The zero-order valence-electron chi connectivity index (χ0n) is 24.8. The van der Waals surface area contributed by atoms with E-state index in [1.165, 1.54) is 0 Å². The predicted molar refractivity (Wildman–Crippen MR) is 160 cm³/mol. The Labute approximate surface area is 256 Å². The maximum atomic E-state index is 13.6. The monoisotopic (exact) mass is 595 g/mol. The molecule has 0 aliphatic carbocycles. The molecular formula is C33H33N5O6. The van der Waals surface area contributed by atoms with E-state index in [4.69, 9.17) is 24.7 Å². The van der Waals surface area contributed by atoms with Gasteiger partial charge in [-0.2, -0.15) is 10.5 Å². The Kier molecular flexibility index (Phi) is 10.0. The Morgan fingerprint density at radius 1 is 0.750 bits per heavy atom. The molecule has 1 heterocycles. The molecule has 226 valence electrons. The van der Waals surface area contributed by atoms with E-state index >= 15 is 0 Å². The van der Waals surface area contributed by atoms with E-state index in [1.54, 1.807) is 97.3 Å². The summed E-state index contributed by atoms with van der Waals surface area (Å²) in [6.07, 6.45) is -0.452. The number of amides is 3. The molecule has 11 heteroatoms. The van der Waals surface area contributed by atoms with E-state index in [-0.39, 0.29) is 24.8 Å². The third kappa shape index (κ3) is 8.97. The molecule has 1 N–H and O–H groups in total. The molecule has 0 unspecified atom stereocenters. The van der Waals surface area contributed by atoms with Gasteiger partial charge >= 0.3 is 6.09 Å². The zero-order chi connectivity index (χ0) is 31.7. The normalized spacial score (nSPS) is 12.8. The molecule has 1 fully saturated rings. The molecule has 1 aliphatic heterocycles. The van der Waals surface area contributed by atoms with Crippen molar-refractivity contribution in [3.8, 4) is 35.1 Å². The number of hydrogen-bond acceptors (Lipinski definition) is 8. The highest BCUT2D eigenvalue weighted by Crippen LogP contribution is 2.31. The van der Waals surface area contributed by atoms with Gasteiger partial charge in [0.1, 0.15) is 28.6 Å². The maximum absolute atomic E-state index is 13.6. The molecule has 3 aromatic rings. The molecule has 1 saturated heterocycles. The zero-order valence-corrected chi connectivity index (χ0v) is 24.8. The fourth-order valence-electron chi connectivity index (χ4n) is 4.37. The topological polar surface area (TPSA) is 145 Å². The van der Waals surface area contributed by atoms with Crippen molar-refractivity contribution >= 4 is 17.9 Å². The van der Waals surface area contributed by atoms with Crippen molar-refractivity contribution in [2.75, 3.05) is 32.7 Å². The third-order valence-corrected chi connectivity index (χ3v) is 6.49. The van der Waals surface area contributed by atoms with Gasteiger partial charge in [-0.05, 0) is 81.4 Å². The van der Waals surface area contributed by atoms with Crippen molar-refractivity contribution < 1.29 is 28.6 Å². The molecule has 0 radical (unpaired) electrons. The molecule has 11 nitrogen and oxygen atoms in total. The third-order valence-electron chi connectivity index (χ3n) is 6.49. The number of benzene rings is 3. The van der Waals surface area contributed by atoms with E-state index in [0.717, 1.165) is 0 Å². The fourth-order valence-corrected chi connectivity index (χ4v) is 4.37. The number of hydrogen-bond donors (Lipinski definition) is 1. The van der Waals surface area contributed by atoms with E-state index in [1.807, 2.05) is 0 Å². The Morgan fingerprint density at radius 3 is 1.68 bits per heavy atom. The maximum Gasteiger partial charge on any atom is 0.407 e. The van der Waals surface area contributed by atoms with Gasteiger partial charge in [-0.15, -0.1) is 0 Å². The number of alkyl carbamates (subject to hydrolysis) is 1. The molecule has 1 aliphatic rings. The van der Waals surface area contributed by atoms with Crippen LogP contribution in [0.4, 0.5) is 4.79 Å². The van der Waals surface area contributed by atoms with E-state index in [9.17, 15) is 14.4 Å². The van der Waals surface area contributed by atoms with Crippen LogP contribution in [-0.2, 0) is 9.53 Å². The van der Waals surface area contributed by atoms with Crippen LogP contribution in [0.15, 0.2) is 66.7 Å². The fraction of sp³-hybridized carbons (Fsp3) is 0.303. The van der Waals surface area contributed by atoms with Crippen LogP contribution in [0.3, 0.4) is 0 Å². The van der Waals surface area contributed by atoms with Gasteiger partial charge in [0.05, 0.1) is 23.3 Å². The summed E-state index contributed by atoms with van der Waals surface area (Å²) >= 11 is 0. The highest BCUT2D eigenvalue weighted by Gasteiger charge is 2.26. The standard InChI is InChI=1S/C33H33N5O6/c1-33(2,3)44-32(41)36-13-12-30(39)37-14-16-38(17-15-37)31(40)25-18-28(42-26-8-4-23(21-34)5-9-26)20-29(19-25)43-27-10-6-24(22-35)7-11-27/h4-11,18-20H,12-17H2,1-3H3,(H,36,41). The second-order valence-corrected chi connectivity index (χ2v) is 11.0. The van der Waals surface area contributed by atoms with Crippen LogP contribution < -0.4 is 14.8 Å². The first-order chi connectivity index (χ1) is 21.0. The van der Waals surface area contributed by atoms with Gasteiger partial charge in [0, 0.05) is 50.8 Å². The number of nitrogens with one attached hydrogen (secondary N) is 1. The average Bonchev–Trinajstić information content (AvgIpc) is 3.00. The van der Waals surface area contributed by atoms with E-state index in [2.05, 4.69) is 17.5 Å². The second kappa shape index (κ2) is 14.1. The van der Waals surface area contributed by atoms with Crippen LogP contribution >= 0.6 is 0 Å². The minimum atomic E-state index is -0.622. The number of piperazine rings is 1. The lowest BCUT2D eigenvalue weighted by atomic mass is 10.1. The van der Waals surface area contributed by atoms with Gasteiger partial charge in [-0.1, -0.05) is 0 Å². The molecule has 0 atom stereocenters. The number of carbonyl (C=O) groups excluding carboxylic acids is 3. The Hall–Kier alpha value is -5.55. The van der Waals surface area contributed by atoms with Crippen molar-refractivity contribution in [3.05, 3.63) is 83.4 Å². The molecule has 0 bridgehead atoms. The summed E-state index contributed by atoms with van der Waals surface area (Å²) in [5.41, 5.74) is 0.690. The number of nitrogens with zero attached hydrogens (tertiary/aromatic N) is 4. The summed E-state index contributed by atoms with van der Waals surface area (Å²) in [6.45, 7) is 6.81. The van der Waals surface area contributed by atoms with Crippen LogP contribution in [0.1, 0.15) is 48.7 Å². The molecule has 3 amide bonds. The first-order valence-corrected chi connectivity index (χ1v) is 14.1. The molecule has 0 spiro atoms.